The second kappa shape index (κ2) is 11.6. The quantitative estimate of drug-likeness (QED) is 0.202. The van der Waals surface area contributed by atoms with Gasteiger partial charge in [0.05, 0.1) is 24.4 Å². The largest absolute Gasteiger partial charge is 0.586 e. The molecule has 0 saturated heterocycles. The summed E-state index contributed by atoms with van der Waals surface area (Å²) in [7, 11) is 1.45. The maximum Gasteiger partial charge on any atom is 0.586 e. The molecular weight excluding hydrogens is 662 g/mol. The van der Waals surface area contributed by atoms with Crippen molar-refractivity contribution in [1.29, 1.82) is 0 Å². The van der Waals surface area contributed by atoms with E-state index in [1.54, 1.807) is 49.4 Å². The minimum atomic E-state index is -3.86. The molecule has 4 N–H and O–H groups in total. The van der Waals surface area contributed by atoms with Crippen molar-refractivity contribution in [2.24, 2.45) is 5.73 Å². The van der Waals surface area contributed by atoms with Gasteiger partial charge in [-0.2, -0.15) is 0 Å². The zero-order chi connectivity index (χ0) is 34.7. The maximum atomic E-state index is 13.9. The number of aromatic nitrogens is 2. The highest BCUT2D eigenvalue weighted by Gasteiger charge is 2.47. The molecule has 11 nitrogen and oxygen atoms in total. The topological polar surface area (TPSA) is 155 Å². The van der Waals surface area contributed by atoms with Gasteiger partial charge in [0, 0.05) is 28.3 Å². The van der Waals surface area contributed by atoms with Gasteiger partial charge in [-0.25, -0.2) is 4.98 Å². The molecule has 2 aliphatic heterocycles. The Bertz CT molecular complexity index is 2170. The number of nitrogens with one attached hydrogen (secondary N) is 1. The molecule has 49 heavy (non-hydrogen) atoms. The second-order valence-electron chi connectivity index (χ2n) is 11.9. The van der Waals surface area contributed by atoms with Crippen LogP contribution in [0.3, 0.4) is 0 Å². The van der Waals surface area contributed by atoms with Crippen LogP contribution in [-0.2, 0) is 15.8 Å². The number of hydrogen-bond donors (Lipinski definition) is 3. The molecule has 250 valence electrons. The van der Waals surface area contributed by atoms with Crippen LogP contribution in [0.15, 0.2) is 79.0 Å². The first-order valence-electron chi connectivity index (χ1n) is 14.9. The van der Waals surface area contributed by atoms with Gasteiger partial charge in [-0.1, -0.05) is 41.9 Å². The SMILES string of the molecule is COc1cc(C(=O)NC[C@@](O)(c2ccccc2)c2cc3c(c(-c4ccc5c(c4)OC(F)(F)O5)n2)OC[C@]3(C)C(N)=O)cc2cc(Cl)cnc12. The number of nitrogens with two attached hydrogens (primary N) is 1. The molecule has 0 fully saturated rings. The molecule has 0 aliphatic carbocycles. The van der Waals surface area contributed by atoms with Gasteiger partial charge in [0.25, 0.3) is 5.91 Å². The van der Waals surface area contributed by atoms with Crippen LogP contribution in [0, 0.1) is 0 Å². The average molecular weight is 689 g/mol. The third-order valence-electron chi connectivity index (χ3n) is 8.67. The van der Waals surface area contributed by atoms with Crippen LogP contribution in [0.2, 0.25) is 5.02 Å². The highest BCUT2D eigenvalue weighted by atomic mass is 35.5. The number of primary amides is 1. The minimum Gasteiger partial charge on any atom is -0.494 e. The molecule has 3 aromatic carbocycles. The monoisotopic (exact) mass is 688 g/mol. The fourth-order valence-electron chi connectivity index (χ4n) is 5.93. The third kappa shape index (κ3) is 5.50. The van der Waals surface area contributed by atoms with Crippen molar-refractivity contribution >= 4 is 34.3 Å². The highest BCUT2D eigenvalue weighted by molar-refractivity contribution is 6.31. The van der Waals surface area contributed by atoms with E-state index in [1.807, 2.05) is 0 Å². The Morgan fingerprint density at radius 3 is 2.57 bits per heavy atom. The molecule has 0 spiro atoms. The Hall–Kier alpha value is -5.53. The summed E-state index contributed by atoms with van der Waals surface area (Å²) in [5, 5.41) is 16.3. The Morgan fingerprint density at radius 1 is 1.08 bits per heavy atom. The minimum absolute atomic E-state index is 0.0146. The Morgan fingerprint density at radius 2 is 1.84 bits per heavy atom. The van der Waals surface area contributed by atoms with Gasteiger partial charge in [0.15, 0.2) is 11.5 Å². The summed E-state index contributed by atoms with van der Waals surface area (Å²) in [5.74, 6) is -1.17. The smallest absolute Gasteiger partial charge is 0.494 e. The van der Waals surface area contributed by atoms with Crippen molar-refractivity contribution in [3.8, 4) is 34.3 Å². The molecule has 14 heteroatoms. The van der Waals surface area contributed by atoms with E-state index in [-0.39, 0.29) is 46.4 Å². The standard InChI is InChI=1S/C35H27ClF2N4O7/c1-33(32(39)44)17-47-30-23(33)14-27(42-29(30)18-8-9-24-25(12-18)49-35(37,38)48-24)34(45,21-6-4-3-5-7-21)16-41-31(43)20-10-19-11-22(36)15-40-28(19)26(13-20)46-2/h3-15,45H,16-17H2,1-2H3,(H2,39,44)(H,41,43)/t33-,34+/m0/s1. The molecule has 4 heterocycles. The van der Waals surface area contributed by atoms with Crippen LogP contribution >= 0.6 is 11.6 Å². The van der Waals surface area contributed by atoms with Crippen LogP contribution in [0.4, 0.5) is 8.78 Å². The number of pyridine rings is 2. The number of fused-ring (bicyclic) bond motifs is 3. The lowest BCUT2D eigenvalue weighted by molar-refractivity contribution is -0.286. The Labute approximate surface area is 282 Å². The van der Waals surface area contributed by atoms with E-state index in [9.17, 15) is 23.5 Å². The van der Waals surface area contributed by atoms with E-state index in [4.69, 9.17) is 31.8 Å². The number of aliphatic hydroxyl groups is 1. The summed E-state index contributed by atoms with van der Waals surface area (Å²) in [4.78, 5) is 35.5. The van der Waals surface area contributed by atoms with Crippen LogP contribution in [-0.4, -0.2) is 53.4 Å². The van der Waals surface area contributed by atoms with E-state index in [1.165, 1.54) is 43.6 Å². The number of carbonyl (C=O) groups is 2. The maximum absolute atomic E-state index is 13.9. The molecular formula is C35H27ClF2N4O7. The lowest BCUT2D eigenvalue weighted by Gasteiger charge is -2.30. The van der Waals surface area contributed by atoms with E-state index >= 15 is 0 Å². The molecule has 2 atom stereocenters. The number of nitrogens with zero attached hydrogens (tertiary/aromatic N) is 2. The molecule has 2 aliphatic rings. The summed E-state index contributed by atoms with van der Waals surface area (Å²) in [6.07, 6.45) is -2.39. The average Bonchev–Trinajstić information content (AvgIpc) is 3.61. The molecule has 0 bridgehead atoms. The first-order valence-corrected chi connectivity index (χ1v) is 15.3. The predicted molar refractivity (Wildman–Crippen MR) is 173 cm³/mol. The highest BCUT2D eigenvalue weighted by Crippen LogP contribution is 2.49. The predicted octanol–water partition coefficient (Wildman–Crippen LogP) is 5.08. The van der Waals surface area contributed by atoms with Crippen LogP contribution in [0.5, 0.6) is 23.0 Å². The molecule has 5 aromatic rings. The summed E-state index contributed by atoms with van der Waals surface area (Å²) in [6, 6.07) is 18.8. The van der Waals surface area contributed by atoms with Crippen molar-refractivity contribution in [1.82, 2.24) is 15.3 Å². The van der Waals surface area contributed by atoms with Crippen molar-refractivity contribution in [2.75, 3.05) is 20.3 Å². The van der Waals surface area contributed by atoms with E-state index in [2.05, 4.69) is 19.8 Å². The summed E-state index contributed by atoms with van der Waals surface area (Å²) < 4.78 is 48.4. The Balaban J connectivity index is 1.34. The number of alkyl halides is 2. The first kappa shape index (κ1) is 32.0. The zero-order valence-corrected chi connectivity index (χ0v) is 26.7. The lowest BCUT2D eigenvalue weighted by Crippen LogP contribution is -2.43. The summed E-state index contributed by atoms with van der Waals surface area (Å²) in [5.41, 5.74) is 4.27. The molecule has 2 aromatic heterocycles. The van der Waals surface area contributed by atoms with Gasteiger partial charge in [0.2, 0.25) is 5.91 Å². The number of ether oxygens (including phenoxy) is 4. The Kier molecular flexibility index (Phi) is 7.56. The number of carbonyl (C=O) groups excluding carboxylic acids is 2. The van der Waals surface area contributed by atoms with Crippen molar-refractivity contribution in [3.63, 3.8) is 0 Å². The molecule has 2 amide bonds. The second-order valence-corrected chi connectivity index (χ2v) is 12.3. The zero-order valence-electron chi connectivity index (χ0n) is 25.9. The normalized spacial score (nSPS) is 18.3. The lowest BCUT2D eigenvalue weighted by atomic mass is 9.80. The number of halogens is 3. The van der Waals surface area contributed by atoms with Gasteiger partial charge in [-0.05, 0) is 55.0 Å². The van der Waals surface area contributed by atoms with Gasteiger partial charge < -0.3 is 35.1 Å². The fourth-order valence-corrected chi connectivity index (χ4v) is 6.10. The van der Waals surface area contributed by atoms with Crippen molar-refractivity contribution in [3.05, 3.63) is 106 Å². The van der Waals surface area contributed by atoms with Gasteiger partial charge in [0.1, 0.15) is 40.3 Å². The molecule has 0 unspecified atom stereocenters. The third-order valence-corrected chi connectivity index (χ3v) is 8.87. The number of rotatable bonds is 8. The van der Waals surface area contributed by atoms with Crippen LogP contribution in [0.25, 0.3) is 22.2 Å². The van der Waals surface area contributed by atoms with Crippen LogP contribution < -0.4 is 30.0 Å². The number of amides is 2. The van der Waals surface area contributed by atoms with Crippen LogP contribution in [0.1, 0.15) is 34.1 Å². The number of benzene rings is 3. The fraction of sp³-hybridized carbons (Fsp3) is 0.200. The van der Waals surface area contributed by atoms with Crippen molar-refractivity contribution in [2.45, 2.75) is 24.2 Å². The first-order chi connectivity index (χ1) is 23.3. The number of methoxy groups -OCH3 is 1. The molecule has 7 rings (SSSR count). The summed E-state index contributed by atoms with van der Waals surface area (Å²) in [6.45, 7) is 1.06. The van der Waals surface area contributed by atoms with Crippen molar-refractivity contribution < 1.29 is 42.4 Å². The van der Waals surface area contributed by atoms with E-state index in [0.717, 1.165) is 0 Å². The van der Waals surface area contributed by atoms with E-state index < -0.39 is 35.7 Å². The molecule has 0 radical (unpaired) electrons. The number of hydrogen-bond acceptors (Lipinski definition) is 9. The summed E-state index contributed by atoms with van der Waals surface area (Å²) >= 11 is 6.15. The molecule has 0 saturated carbocycles. The van der Waals surface area contributed by atoms with E-state index in [0.29, 0.717) is 32.8 Å². The van der Waals surface area contributed by atoms with Gasteiger partial charge in [-0.3, -0.25) is 14.6 Å². The van der Waals surface area contributed by atoms with Gasteiger partial charge in [-0.15, -0.1) is 8.78 Å². The van der Waals surface area contributed by atoms with Gasteiger partial charge >= 0.3 is 6.29 Å².